The quantitative estimate of drug-likeness (QED) is 0.431. The maximum absolute atomic E-state index is 12.1. The molecule has 0 aliphatic heterocycles. The topological polar surface area (TPSA) is 48.0 Å². The van der Waals surface area contributed by atoms with Crippen molar-refractivity contribution in [2.75, 3.05) is 0 Å². The summed E-state index contributed by atoms with van der Waals surface area (Å²) in [4.78, 5) is 12.1. The van der Waals surface area contributed by atoms with E-state index >= 15 is 0 Å². The SMILES string of the molecule is CCCc1c[c]c2c3c(C(N)=O)cccc3n(Cc3ccc(Cl)cc3Cl)c2c1. The third kappa shape index (κ3) is 3.25. The van der Waals surface area contributed by atoms with Crippen LogP contribution in [0.4, 0.5) is 0 Å². The molecule has 0 aliphatic carbocycles. The van der Waals surface area contributed by atoms with Gasteiger partial charge in [0.25, 0.3) is 0 Å². The second-order valence-electron chi connectivity index (χ2n) is 6.90. The fourth-order valence-corrected chi connectivity index (χ4v) is 4.20. The van der Waals surface area contributed by atoms with E-state index in [9.17, 15) is 4.79 Å². The molecule has 28 heavy (non-hydrogen) atoms. The van der Waals surface area contributed by atoms with E-state index in [1.54, 1.807) is 12.1 Å². The number of fused-ring (bicyclic) bond motifs is 3. The van der Waals surface area contributed by atoms with Gasteiger partial charge in [-0.2, -0.15) is 0 Å². The molecule has 4 rings (SSSR count). The van der Waals surface area contributed by atoms with E-state index < -0.39 is 5.91 Å². The predicted molar refractivity (Wildman–Crippen MR) is 116 cm³/mol. The second kappa shape index (κ2) is 7.50. The smallest absolute Gasteiger partial charge is 0.249 e. The first-order valence-electron chi connectivity index (χ1n) is 9.19. The van der Waals surface area contributed by atoms with Gasteiger partial charge in [0.2, 0.25) is 5.91 Å². The van der Waals surface area contributed by atoms with Crippen LogP contribution in [-0.4, -0.2) is 10.5 Å². The molecule has 0 saturated carbocycles. The Labute approximate surface area is 173 Å². The molecule has 0 saturated heterocycles. The summed E-state index contributed by atoms with van der Waals surface area (Å²) in [6.07, 6.45) is 2.02. The van der Waals surface area contributed by atoms with Crippen molar-refractivity contribution in [3.05, 3.63) is 81.3 Å². The molecule has 3 aromatic carbocycles. The maximum Gasteiger partial charge on any atom is 0.249 e. The Morgan fingerprint density at radius 2 is 1.96 bits per heavy atom. The van der Waals surface area contributed by atoms with Crippen LogP contribution in [-0.2, 0) is 13.0 Å². The minimum atomic E-state index is -0.444. The van der Waals surface area contributed by atoms with Gasteiger partial charge in [0.1, 0.15) is 0 Å². The fourth-order valence-electron chi connectivity index (χ4n) is 3.73. The fraction of sp³-hybridized carbons (Fsp3) is 0.174. The van der Waals surface area contributed by atoms with E-state index in [0.717, 1.165) is 40.2 Å². The van der Waals surface area contributed by atoms with Crippen molar-refractivity contribution in [2.24, 2.45) is 5.73 Å². The molecule has 5 heteroatoms. The minimum Gasteiger partial charge on any atom is -0.366 e. The molecule has 141 valence electrons. The molecule has 4 aromatic rings. The number of aromatic nitrogens is 1. The standard InChI is InChI=1S/C23H19Cl2N2O/c1-2-4-14-7-10-17-21(11-14)27(13-15-8-9-16(24)12-19(15)25)20-6-3-5-18(22(17)20)23(26)28/h3,5-9,11-12H,2,4,13H2,1H3,(H2,26,28). The highest BCUT2D eigenvalue weighted by molar-refractivity contribution is 6.35. The summed E-state index contributed by atoms with van der Waals surface area (Å²) in [5, 5.41) is 2.94. The molecule has 1 radical (unpaired) electrons. The van der Waals surface area contributed by atoms with E-state index in [4.69, 9.17) is 28.9 Å². The summed E-state index contributed by atoms with van der Waals surface area (Å²) in [6.45, 7) is 2.71. The van der Waals surface area contributed by atoms with E-state index in [-0.39, 0.29) is 0 Å². The first-order chi connectivity index (χ1) is 13.5. The summed E-state index contributed by atoms with van der Waals surface area (Å²) in [6, 6.07) is 18.7. The minimum absolute atomic E-state index is 0.444. The lowest BCUT2D eigenvalue weighted by molar-refractivity contribution is 0.100. The van der Waals surface area contributed by atoms with Crippen LogP contribution in [0.5, 0.6) is 0 Å². The van der Waals surface area contributed by atoms with Crippen molar-refractivity contribution < 1.29 is 4.79 Å². The molecule has 0 atom stereocenters. The van der Waals surface area contributed by atoms with E-state index in [1.807, 2.05) is 30.3 Å². The molecule has 2 N–H and O–H groups in total. The van der Waals surface area contributed by atoms with Crippen molar-refractivity contribution >= 4 is 50.9 Å². The Kier molecular flexibility index (Phi) is 5.05. The molecule has 0 spiro atoms. The number of primary amides is 1. The molecular formula is C23H19Cl2N2O. The molecular weight excluding hydrogens is 391 g/mol. The van der Waals surface area contributed by atoms with Gasteiger partial charge in [-0.3, -0.25) is 4.79 Å². The van der Waals surface area contributed by atoms with Crippen molar-refractivity contribution in [1.29, 1.82) is 0 Å². The van der Waals surface area contributed by atoms with Gasteiger partial charge in [0.05, 0.1) is 11.0 Å². The predicted octanol–water partition coefficient (Wildman–Crippen LogP) is 6.00. The normalized spacial score (nSPS) is 11.4. The third-order valence-corrected chi connectivity index (χ3v) is 5.59. The van der Waals surface area contributed by atoms with Gasteiger partial charge in [-0.1, -0.05) is 54.7 Å². The summed E-state index contributed by atoms with van der Waals surface area (Å²) in [5.41, 5.74) is 10.3. The third-order valence-electron chi connectivity index (χ3n) is 5.00. The Hall–Kier alpha value is -2.49. The average Bonchev–Trinajstić information content (AvgIpc) is 2.97. The molecule has 3 nitrogen and oxygen atoms in total. The van der Waals surface area contributed by atoms with Crippen LogP contribution in [0, 0.1) is 6.07 Å². The van der Waals surface area contributed by atoms with Gasteiger partial charge in [0.15, 0.2) is 0 Å². The number of benzene rings is 3. The van der Waals surface area contributed by atoms with E-state index in [0.29, 0.717) is 22.2 Å². The first-order valence-corrected chi connectivity index (χ1v) is 9.94. The highest BCUT2D eigenvalue weighted by Crippen LogP contribution is 2.34. The zero-order valence-electron chi connectivity index (χ0n) is 15.4. The molecule has 1 amide bonds. The highest BCUT2D eigenvalue weighted by Gasteiger charge is 2.17. The van der Waals surface area contributed by atoms with Crippen molar-refractivity contribution in [2.45, 2.75) is 26.3 Å². The average molecular weight is 410 g/mol. The number of aryl methyl sites for hydroxylation is 1. The van der Waals surface area contributed by atoms with Crippen molar-refractivity contribution in [3.8, 4) is 0 Å². The van der Waals surface area contributed by atoms with Crippen LogP contribution in [0.25, 0.3) is 21.8 Å². The van der Waals surface area contributed by atoms with Gasteiger partial charge >= 0.3 is 0 Å². The maximum atomic E-state index is 12.1. The molecule has 0 fully saturated rings. The molecule has 0 bridgehead atoms. The Morgan fingerprint density at radius 3 is 2.68 bits per heavy atom. The van der Waals surface area contributed by atoms with E-state index in [2.05, 4.69) is 23.6 Å². The van der Waals surface area contributed by atoms with Crippen molar-refractivity contribution in [1.82, 2.24) is 4.57 Å². The Bertz CT molecular complexity index is 1210. The first kappa shape index (κ1) is 18.9. The highest BCUT2D eigenvalue weighted by atomic mass is 35.5. The summed E-state index contributed by atoms with van der Waals surface area (Å²) < 4.78 is 2.17. The Morgan fingerprint density at radius 1 is 1.14 bits per heavy atom. The van der Waals surface area contributed by atoms with Gasteiger partial charge in [-0.15, -0.1) is 0 Å². The van der Waals surface area contributed by atoms with Gasteiger partial charge in [0, 0.05) is 32.9 Å². The van der Waals surface area contributed by atoms with Crippen LogP contribution >= 0.6 is 23.2 Å². The summed E-state index contributed by atoms with van der Waals surface area (Å²) in [5.74, 6) is -0.444. The zero-order chi connectivity index (χ0) is 19.8. The number of carbonyl (C=O) groups excluding carboxylic acids is 1. The van der Waals surface area contributed by atoms with Gasteiger partial charge in [-0.25, -0.2) is 0 Å². The molecule has 0 aliphatic rings. The lowest BCUT2D eigenvalue weighted by Gasteiger charge is -2.11. The van der Waals surface area contributed by atoms with Gasteiger partial charge < -0.3 is 10.3 Å². The number of carbonyl (C=O) groups is 1. The lowest BCUT2D eigenvalue weighted by atomic mass is 10.0. The number of nitrogens with two attached hydrogens (primary N) is 1. The Balaban J connectivity index is 2.02. The number of hydrogen-bond acceptors (Lipinski definition) is 1. The molecule has 1 aromatic heterocycles. The summed E-state index contributed by atoms with van der Waals surface area (Å²) >= 11 is 12.5. The van der Waals surface area contributed by atoms with Gasteiger partial charge in [-0.05, 0) is 53.9 Å². The number of halogens is 2. The van der Waals surface area contributed by atoms with Crippen molar-refractivity contribution in [3.63, 3.8) is 0 Å². The number of hydrogen-bond donors (Lipinski definition) is 1. The second-order valence-corrected chi connectivity index (χ2v) is 7.75. The summed E-state index contributed by atoms with van der Waals surface area (Å²) in [7, 11) is 0. The zero-order valence-corrected chi connectivity index (χ0v) is 16.9. The van der Waals surface area contributed by atoms with Crippen LogP contribution in [0.2, 0.25) is 10.0 Å². The number of nitrogens with zero attached hydrogens (tertiary/aromatic N) is 1. The largest absolute Gasteiger partial charge is 0.366 e. The number of amides is 1. The van der Waals surface area contributed by atoms with Crippen LogP contribution in [0.3, 0.4) is 0 Å². The van der Waals surface area contributed by atoms with Crippen LogP contribution in [0.15, 0.2) is 48.5 Å². The lowest BCUT2D eigenvalue weighted by Crippen LogP contribution is -2.11. The molecule has 0 unspecified atom stereocenters. The number of rotatable bonds is 5. The van der Waals surface area contributed by atoms with Crippen LogP contribution in [0.1, 0.15) is 34.8 Å². The van der Waals surface area contributed by atoms with Crippen LogP contribution < -0.4 is 5.73 Å². The van der Waals surface area contributed by atoms with E-state index in [1.165, 1.54) is 5.56 Å². The monoisotopic (exact) mass is 409 g/mol. The molecule has 1 heterocycles.